The molecule has 0 radical (unpaired) electrons. The highest BCUT2D eigenvalue weighted by Crippen LogP contribution is 2.26. The van der Waals surface area contributed by atoms with E-state index in [0.29, 0.717) is 31.3 Å². The summed E-state index contributed by atoms with van der Waals surface area (Å²) in [6.45, 7) is 7.27. The number of hydrogen-bond acceptors (Lipinski definition) is 4. The standard InChI is InChI=1S/C16H25NO4/c1-4-12(3)15(16(18)19)17-10-11-21-14-9-7-6-8-13(14)20-5-2/h6-9,12,15,17H,4-5,10-11H2,1-3H3,(H,18,19)/t12-,15-/m0/s1. The van der Waals surface area contributed by atoms with Crippen molar-refractivity contribution in [1.82, 2.24) is 5.32 Å². The highest BCUT2D eigenvalue weighted by Gasteiger charge is 2.22. The fourth-order valence-corrected chi connectivity index (χ4v) is 1.99. The Hall–Kier alpha value is -1.75. The Morgan fingerprint density at radius 2 is 1.86 bits per heavy atom. The number of nitrogens with one attached hydrogen (secondary N) is 1. The van der Waals surface area contributed by atoms with Crippen LogP contribution in [0.5, 0.6) is 11.5 Å². The molecule has 21 heavy (non-hydrogen) atoms. The SMILES string of the molecule is CCOc1ccccc1OCCN[C@H](C(=O)O)[C@@H](C)CC. The van der Waals surface area contributed by atoms with Crippen molar-refractivity contribution in [3.63, 3.8) is 0 Å². The van der Waals surface area contributed by atoms with E-state index in [4.69, 9.17) is 9.47 Å². The van der Waals surface area contributed by atoms with Crippen molar-refractivity contribution < 1.29 is 19.4 Å². The predicted molar refractivity (Wildman–Crippen MR) is 82.0 cm³/mol. The minimum absolute atomic E-state index is 0.0817. The van der Waals surface area contributed by atoms with Crippen molar-refractivity contribution in [3.8, 4) is 11.5 Å². The summed E-state index contributed by atoms with van der Waals surface area (Å²) in [6.07, 6.45) is 0.817. The Labute approximate surface area is 126 Å². The third-order valence-corrected chi connectivity index (χ3v) is 3.35. The van der Waals surface area contributed by atoms with Crippen molar-refractivity contribution >= 4 is 5.97 Å². The maximum Gasteiger partial charge on any atom is 0.320 e. The quantitative estimate of drug-likeness (QED) is 0.649. The lowest BCUT2D eigenvalue weighted by atomic mass is 9.99. The molecule has 0 unspecified atom stereocenters. The van der Waals surface area contributed by atoms with Crippen LogP contribution in [-0.2, 0) is 4.79 Å². The normalized spacial score (nSPS) is 13.5. The topological polar surface area (TPSA) is 67.8 Å². The van der Waals surface area contributed by atoms with Gasteiger partial charge in [-0.2, -0.15) is 0 Å². The van der Waals surface area contributed by atoms with Gasteiger partial charge in [-0.15, -0.1) is 0 Å². The largest absolute Gasteiger partial charge is 0.490 e. The molecule has 2 atom stereocenters. The summed E-state index contributed by atoms with van der Waals surface area (Å²) in [5.74, 6) is 0.644. The fourth-order valence-electron chi connectivity index (χ4n) is 1.99. The molecule has 5 nitrogen and oxygen atoms in total. The number of ether oxygens (including phenoxy) is 2. The Morgan fingerprint density at radius 3 is 2.38 bits per heavy atom. The zero-order valence-corrected chi connectivity index (χ0v) is 13.0. The van der Waals surface area contributed by atoms with E-state index in [1.165, 1.54) is 0 Å². The van der Waals surface area contributed by atoms with E-state index in [1.54, 1.807) is 0 Å². The maximum atomic E-state index is 11.2. The molecule has 0 heterocycles. The lowest BCUT2D eigenvalue weighted by Gasteiger charge is -2.20. The van der Waals surface area contributed by atoms with Crippen LogP contribution in [0.4, 0.5) is 0 Å². The Bertz CT molecular complexity index is 436. The molecule has 0 aliphatic rings. The van der Waals surface area contributed by atoms with Gasteiger partial charge in [0.05, 0.1) is 6.61 Å². The number of carbonyl (C=O) groups is 1. The van der Waals surface area contributed by atoms with E-state index in [2.05, 4.69) is 5.32 Å². The van der Waals surface area contributed by atoms with Crippen molar-refractivity contribution in [2.75, 3.05) is 19.8 Å². The Kier molecular flexibility index (Phi) is 7.61. The van der Waals surface area contributed by atoms with Gasteiger partial charge in [0, 0.05) is 6.54 Å². The van der Waals surface area contributed by atoms with Crippen LogP contribution < -0.4 is 14.8 Å². The first kappa shape index (κ1) is 17.3. The van der Waals surface area contributed by atoms with E-state index < -0.39 is 12.0 Å². The number of aliphatic carboxylic acids is 1. The van der Waals surface area contributed by atoms with Gasteiger partial charge in [0.1, 0.15) is 12.6 Å². The third kappa shape index (κ3) is 5.63. The van der Waals surface area contributed by atoms with Crippen molar-refractivity contribution in [1.29, 1.82) is 0 Å². The number of para-hydroxylation sites is 2. The lowest BCUT2D eigenvalue weighted by molar-refractivity contribution is -0.140. The van der Waals surface area contributed by atoms with Crippen LogP contribution in [0.1, 0.15) is 27.2 Å². The summed E-state index contributed by atoms with van der Waals surface area (Å²) in [7, 11) is 0. The molecule has 1 aromatic carbocycles. The summed E-state index contributed by atoms with van der Waals surface area (Å²) >= 11 is 0. The summed E-state index contributed by atoms with van der Waals surface area (Å²) in [5, 5.41) is 12.2. The molecule has 118 valence electrons. The Balaban J connectivity index is 2.44. The van der Waals surface area contributed by atoms with Crippen molar-refractivity contribution in [3.05, 3.63) is 24.3 Å². The summed E-state index contributed by atoms with van der Waals surface area (Å²) < 4.78 is 11.1. The second-order valence-electron chi connectivity index (χ2n) is 4.88. The minimum atomic E-state index is -0.820. The molecule has 0 aliphatic carbocycles. The van der Waals surface area contributed by atoms with E-state index >= 15 is 0 Å². The van der Waals surface area contributed by atoms with Gasteiger partial charge in [-0.05, 0) is 25.0 Å². The molecule has 5 heteroatoms. The maximum absolute atomic E-state index is 11.2. The zero-order chi connectivity index (χ0) is 15.7. The van der Waals surface area contributed by atoms with E-state index in [0.717, 1.165) is 6.42 Å². The molecule has 2 N–H and O–H groups in total. The number of hydrogen-bond donors (Lipinski definition) is 2. The van der Waals surface area contributed by atoms with Crippen molar-refractivity contribution in [2.45, 2.75) is 33.2 Å². The van der Waals surface area contributed by atoms with Crippen molar-refractivity contribution in [2.24, 2.45) is 5.92 Å². The summed E-state index contributed by atoms with van der Waals surface area (Å²) in [5.41, 5.74) is 0. The van der Waals surface area contributed by atoms with E-state index in [9.17, 15) is 9.90 Å². The van der Waals surface area contributed by atoms with Crippen LogP contribution in [-0.4, -0.2) is 36.9 Å². The van der Waals surface area contributed by atoms with Crippen LogP contribution in [0, 0.1) is 5.92 Å². The van der Waals surface area contributed by atoms with Crippen LogP contribution in [0.15, 0.2) is 24.3 Å². The van der Waals surface area contributed by atoms with Gasteiger partial charge in [-0.1, -0.05) is 32.4 Å². The molecular formula is C16H25NO4. The highest BCUT2D eigenvalue weighted by molar-refractivity contribution is 5.73. The molecule has 1 aromatic rings. The van der Waals surface area contributed by atoms with Crippen LogP contribution in [0.3, 0.4) is 0 Å². The summed E-state index contributed by atoms with van der Waals surface area (Å²) in [4.78, 5) is 11.2. The molecule has 1 rings (SSSR count). The predicted octanol–water partition coefficient (Wildman–Crippen LogP) is 2.55. The second kappa shape index (κ2) is 9.23. The smallest absolute Gasteiger partial charge is 0.320 e. The van der Waals surface area contributed by atoms with Gasteiger partial charge in [-0.3, -0.25) is 4.79 Å². The van der Waals surface area contributed by atoms with Gasteiger partial charge in [0.25, 0.3) is 0 Å². The minimum Gasteiger partial charge on any atom is -0.490 e. The third-order valence-electron chi connectivity index (χ3n) is 3.35. The van der Waals surface area contributed by atoms with Gasteiger partial charge in [-0.25, -0.2) is 0 Å². The molecular weight excluding hydrogens is 270 g/mol. The van der Waals surface area contributed by atoms with E-state index in [1.807, 2.05) is 45.0 Å². The fraction of sp³-hybridized carbons (Fsp3) is 0.562. The molecule has 0 saturated heterocycles. The molecule has 0 bridgehead atoms. The number of carboxylic acids is 1. The molecule has 0 spiro atoms. The first-order valence-corrected chi connectivity index (χ1v) is 7.40. The van der Waals surface area contributed by atoms with E-state index in [-0.39, 0.29) is 5.92 Å². The van der Waals surface area contributed by atoms with Crippen LogP contribution in [0.2, 0.25) is 0 Å². The monoisotopic (exact) mass is 295 g/mol. The van der Waals surface area contributed by atoms with Gasteiger partial charge in [0.2, 0.25) is 0 Å². The van der Waals surface area contributed by atoms with Gasteiger partial charge < -0.3 is 19.9 Å². The average molecular weight is 295 g/mol. The number of benzene rings is 1. The molecule has 0 amide bonds. The molecule has 0 fully saturated rings. The summed E-state index contributed by atoms with van der Waals surface area (Å²) in [6, 6.07) is 6.92. The zero-order valence-electron chi connectivity index (χ0n) is 13.0. The molecule has 0 aliphatic heterocycles. The lowest BCUT2D eigenvalue weighted by Crippen LogP contribution is -2.43. The molecule has 0 saturated carbocycles. The second-order valence-corrected chi connectivity index (χ2v) is 4.88. The van der Waals surface area contributed by atoms with Gasteiger partial charge >= 0.3 is 5.97 Å². The number of carboxylic acid groups (broad SMARTS) is 1. The Morgan fingerprint density at radius 1 is 1.24 bits per heavy atom. The average Bonchev–Trinajstić information content (AvgIpc) is 2.48. The first-order chi connectivity index (χ1) is 10.1. The van der Waals surface area contributed by atoms with Gasteiger partial charge in [0.15, 0.2) is 11.5 Å². The van der Waals surface area contributed by atoms with Crippen LogP contribution >= 0.6 is 0 Å². The highest BCUT2D eigenvalue weighted by atomic mass is 16.5. The first-order valence-electron chi connectivity index (χ1n) is 7.40. The van der Waals surface area contributed by atoms with Crippen LogP contribution in [0.25, 0.3) is 0 Å². The number of rotatable bonds is 10. The molecule has 0 aromatic heterocycles.